The monoisotopic (exact) mass is 511 g/mol. The molecule has 0 radical (unpaired) electrons. The van der Waals surface area contributed by atoms with E-state index in [1.54, 1.807) is 18.3 Å². The quantitative estimate of drug-likeness (QED) is 0.445. The molecule has 0 aromatic carbocycles. The van der Waals surface area contributed by atoms with Gasteiger partial charge in [-0.05, 0) is 64.9 Å². The highest BCUT2D eigenvalue weighted by Gasteiger charge is 2.42. The lowest BCUT2D eigenvalue weighted by Crippen LogP contribution is -2.45. The molecule has 1 saturated carbocycles. The van der Waals surface area contributed by atoms with Gasteiger partial charge in [-0.2, -0.15) is 0 Å². The first-order valence-electron chi connectivity index (χ1n) is 13.9. The van der Waals surface area contributed by atoms with Crippen molar-refractivity contribution in [2.24, 2.45) is 5.92 Å². The maximum Gasteiger partial charge on any atom is 0.223 e. The summed E-state index contributed by atoms with van der Waals surface area (Å²) in [6, 6.07) is 3.58. The van der Waals surface area contributed by atoms with E-state index in [1.807, 2.05) is 11.4 Å². The Hall–Kier alpha value is -2.06. The van der Waals surface area contributed by atoms with Gasteiger partial charge >= 0.3 is 0 Å². The summed E-state index contributed by atoms with van der Waals surface area (Å²) < 4.78 is 2.41. The molecule has 2 bridgehead atoms. The molecule has 3 fully saturated rings. The first-order valence-corrected chi connectivity index (χ1v) is 14.8. The minimum Gasteiger partial charge on any atom is -0.348 e. The van der Waals surface area contributed by atoms with E-state index in [2.05, 4.69) is 45.8 Å². The summed E-state index contributed by atoms with van der Waals surface area (Å²) in [5, 5.41) is 14.2. The Labute approximate surface area is 219 Å². The number of fused-ring (bicyclic) bond motifs is 2. The number of carbonyl (C=O) groups is 2. The third kappa shape index (κ3) is 5.17. The number of rotatable bonds is 9. The molecule has 196 valence electrons. The van der Waals surface area contributed by atoms with Gasteiger partial charge in [0, 0.05) is 52.3 Å². The number of carbonyl (C=O) groups excluding carboxylic acids is 2. The zero-order valence-electron chi connectivity index (χ0n) is 22.2. The molecule has 2 aromatic heterocycles. The first-order chi connectivity index (χ1) is 17.3. The van der Waals surface area contributed by atoms with Gasteiger partial charge < -0.3 is 9.88 Å². The zero-order valence-corrected chi connectivity index (χ0v) is 23.0. The summed E-state index contributed by atoms with van der Waals surface area (Å²) in [6.45, 7) is 9.07. The van der Waals surface area contributed by atoms with E-state index in [-0.39, 0.29) is 23.7 Å². The summed E-state index contributed by atoms with van der Waals surface area (Å²) >= 11 is 1.61. The minimum atomic E-state index is -0.0269. The Morgan fingerprint density at radius 2 is 1.78 bits per heavy atom. The Balaban J connectivity index is 1.28. The fourth-order valence-corrected chi connectivity index (χ4v) is 7.85. The van der Waals surface area contributed by atoms with E-state index in [9.17, 15) is 9.59 Å². The molecule has 1 aliphatic carbocycles. The Morgan fingerprint density at radius 3 is 2.39 bits per heavy atom. The van der Waals surface area contributed by atoms with Crippen LogP contribution in [0.5, 0.6) is 0 Å². The molecule has 2 aliphatic heterocycles. The van der Waals surface area contributed by atoms with Crippen LogP contribution < -0.4 is 5.32 Å². The number of hydrogen-bond donors (Lipinski definition) is 1. The summed E-state index contributed by atoms with van der Waals surface area (Å²) in [6.07, 6.45) is 9.95. The number of nitrogens with zero attached hydrogens (tertiary/aromatic N) is 4. The number of aromatic nitrogens is 3. The number of Topliss-reactive ketones (excluding diaryl/α,β-unsaturated/α-hetero) is 1. The molecular weight excluding hydrogens is 470 g/mol. The lowest BCUT2D eigenvalue weighted by molar-refractivity contribution is -0.125. The number of thiophene rings is 1. The van der Waals surface area contributed by atoms with Crippen LogP contribution in [0.25, 0.3) is 0 Å². The molecule has 1 amide bonds. The molecule has 7 nitrogen and oxygen atoms in total. The van der Waals surface area contributed by atoms with Crippen LogP contribution in [-0.4, -0.2) is 50.0 Å². The third-order valence-corrected chi connectivity index (χ3v) is 9.77. The van der Waals surface area contributed by atoms with E-state index >= 15 is 0 Å². The largest absolute Gasteiger partial charge is 0.348 e. The van der Waals surface area contributed by atoms with Gasteiger partial charge in [-0.25, -0.2) is 0 Å². The van der Waals surface area contributed by atoms with Crippen molar-refractivity contribution >= 4 is 23.0 Å². The van der Waals surface area contributed by atoms with Crippen LogP contribution in [0.3, 0.4) is 0 Å². The van der Waals surface area contributed by atoms with Crippen LogP contribution in [0.2, 0.25) is 0 Å². The molecule has 2 aromatic rings. The van der Waals surface area contributed by atoms with Crippen LogP contribution in [0, 0.1) is 12.8 Å². The highest BCUT2D eigenvalue weighted by Crippen LogP contribution is 2.42. The molecule has 4 heterocycles. The second kappa shape index (κ2) is 10.7. The molecule has 3 aliphatic rings. The average molecular weight is 512 g/mol. The Kier molecular flexibility index (Phi) is 7.63. The summed E-state index contributed by atoms with van der Waals surface area (Å²) in [7, 11) is 0. The maximum absolute atomic E-state index is 13.1. The summed E-state index contributed by atoms with van der Waals surface area (Å²) in [4.78, 5) is 28.8. The van der Waals surface area contributed by atoms with Gasteiger partial charge in [0.05, 0.1) is 6.04 Å². The van der Waals surface area contributed by atoms with E-state index < -0.39 is 0 Å². The highest BCUT2D eigenvalue weighted by molar-refractivity contribution is 7.10. The SMILES string of the molecule is CC(=O)c1csc([C@H](CCN2[C@@H]3CC[C@H]2C[C@H](n2c(C)nnc2C(C)C)C3)NC(=O)C2CCCC2)c1. The summed E-state index contributed by atoms with van der Waals surface area (Å²) in [5.74, 6) is 2.94. The van der Waals surface area contributed by atoms with E-state index in [0.717, 1.165) is 73.6 Å². The van der Waals surface area contributed by atoms with Crippen molar-refractivity contribution in [2.75, 3.05) is 6.54 Å². The topological polar surface area (TPSA) is 80.1 Å². The van der Waals surface area contributed by atoms with Crippen LogP contribution >= 0.6 is 11.3 Å². The fourth-order valence-electron chi connectivity index (χ4n) is 6.81. The zero-order chi connectivity index (χ0) is 25.4. The van der Waals surface area contributed by atoms with Crippen LogP contribution in [-0.2, 0) is 4.79 Å². The van der Waals surface area contributed by atoms with Crippen molar-refractivity contribution in [3.63, 3.8) is 0 Å². The molecule has 2 saturated heterocycles. The van der Waals surface area contributed by atoms with Crippen LogP contribution in [0.15, 0.2) is 11.4 Å². The molecule has 5 rings (SSSR count). The predicted molar refractivity (Wildman–Crippen MR) is 142 cm³/mol. The van der Waals surface area contributed by atoms with Crippen molar-refractivity contribution in [1.82, 2.24) is 25.0 Å². The van der Waals surface area contributed by atoms with Gasteiger partial charge in [0.25, 0.3) is 0 Å². The molecule has 4 atom stereocenters. The smallest absolute Gasteiger partial charge is 0.223 e. The second-order valence-corrected chi connectivity index (χ2v) is 12.4. The second-order valence-electron chi connectivity index (χ2n) is 11.5. The number of ketones is 1. The summed E-state index contributed by atoms with van der Waals surface area (Å²) in [5.41, 5.74) is 0.751. The average Bonchev–Trinajstić information content (AvgIpc) is 3.63. The van der Waals surface area contributed by atoms with Gasteiger partial charge in [0.2, 0.25) is 5.91 Å². The Morgan fingerprint density at radius 1 is 1.08 bits per heavy atom. The van der Waals surface area contributed by atoms with E-state index in [4.69, 9.17) is 0 Å². The minimum absolute atomic E-state index is 0.0269. The number of piperidine rings is 1. The molecule has 1 N–H and O–H groups in total. The normalized spacial score (nSPS) is 25.5. The van der Waals surface area contributed by atoms with Crippen molar-refractivity contribution in [3.05, 3.63) is 33.5 Å². The lowest BCUT2D eigenvalue weighted by Gasteiger charge is -2.40. The molecule has 8 heteroatoms. The third-order valence-electron chi connectivity index (χ3n) is 8.72. The van der Waals surface area contributed by atoms with Crippen molar-refractivity contribution < 1.29 is 9.59 Å². The number of hydrogen-bond acceptors (Lipinski definition) is 6. The van der Waals surface area contributed by atoms with Gasteiger partial charge in [-0.1, -0.05) is 26.7 Å². The standard InChI is InChI=1S/C28H41N5O2S/c1-17(2)27-31-30-19(4)33(27)24-14-22-9-10-23(15-24)32(22)12-11-25(26-13-21(16-36-26)18(3)34)29-28(35)20-7-5-6-8-20/h13,16-17,20,22-25H,5-12,14-15H2,1-4H3,(H,29,35)/t22-,23+,24-,25-/m0/s1. The number of amides is 1. The van der Waals surface area contributed by atoms with Crippen molar-refractivity contribution in [3.8, 4) is 0 Å². The van der Waals surface area contributed by atoms with Gasteiger partial charge in [-0.15, -0.1) is 21.5 Å². The fraction of sp³-hybridized carbons (Fsp3) is 0.714. The van der Waals surface area contributed by atoms with E-state index in [0.29, 0.717) is 24.0 Å². The van der Waals surface area contributed by atoms with Gasteiger partial charge in [0.1, 0.15) is 11.6 Å². The van der Waals surface area contributed by atoms with Crippen LogP contribution in [0.1, 0.15) is 123 Å². The highest BCUT2D eigenvalue weighted by atomic mass is 32.1. The van der Waals surface area contributed by atoms with Gasteiger partial charge in [-0.3, -0.25) is 14.5 Å². The van der Waals surface area contributed by atoms with Crippen molar-refractivity contribution in [1.29, 1.82) is 0 Å². The van der Waals surface area contributed by atoms with Crippen LogP contribution in [0.4, 0.5) is 0 Å². The predicted octanol–water partition coefficient (Wildman–Crippen LogP) is 5.58. The van der Waals surface area contributed by atoms with E-state index in [1.165, 1.54) is 12.8 Å². The molecular formula is C28H41N5O2S. The Bertz CT molecular complexity index is 1070. The number of aryl methyl sites for hydroxylation is 1. The van der Waals surface area contributed by atoms with Crippen molar-refractivity contribution in [2.45, 2.75) is 116 Å². The molecule has 0 spiro atoms. The van der Waals surface area contributed by atoms with Gasteiger partial charge in [0.15, 0.2) is 5.78 Å². The molecule has 0 unspecified atom stereocenters. The molecule has 36 heavy (non-hydrogen) atoms. The maximum atomic E-state index is 13.1. The lowest BCUT2D eigenvalue weighted by atomic mass is 9.95. The number of nitrogens with one attached hydrogen (secondary N) is 1. The first kappa shape index (κ1) is 25.6.